The van der Waals surface area contributed by atoms with Crippen LogP contribution in [-0.4, -0.2) is 25.5 Å². The molecule has 0 aromatic carbocycles. The maximum Gasteiger partial charge on any atom is 0.280 e. The summed E-state index contributed by atoms with van der Waals surface area (Å²) in [5, 5.41) is 0. The number of anilines is 1. The lowest BCUT2D eigenvalue weighted by Crippen LogP contribution is -2.22. The van der Waals surface area contributed by atoms with Crippen LogP contribution in [-0.2, 0) is 4.79 Å². The summed E-state index contributed by atoms with van der Waals surface area (Å²) in [4.78, 5) is 32.6. The van der Waals surface area contributed by atoms with Crippen molar-refractivity contribution in [2.75, 3.05) is 11.2 Å². The number of H-pyrrole nitrogens is 1. The van der Waals surface area contributed by atoms with Gasteiger partial charge in [0.25, 0.3) is 5.56 Å². The molecule has 2 heterocycles. The Kier molecular flexibility index (Phi) is 2.31. The summed E-state index contributed by atoms with van der Waals surface area (Å²) in [6.45, 7) is 1.71. The van der Waals surface area contributed by atoms with Crippen molar-refractivity contribution in [3.63, 3.8) is 0 Å². The Morgan fingerprint density at radius 2 is 2.44 bits per heavy atom. The number of aromatic nitrogens is 4. The number of rotatable bonds is 2. The quantitative estimate of drug-likeness (QED) is 0.613. The standard InChI is InChI=1S/C8H10N6O2/c1-2-4(15)13-14-3-10-5-6(14)11-8(9)12-7(5)16/h3H,2H2,1H3,(H,13,15)(H3,9,11,12,16). The van der Waals surface area contributed by atoms with E-state index in [4.69, 9.17) is 5.73 Å². The number of nitrogens with two attached hydrogens (primary N) is 1. The van der Waals surface area contributed by atoms with E-state index in [-0.39, 0.29) is 23.0 Å². The monoisotopic (exact) mass is 222 g/mol. The summed E-state index contributed by atoms with van der Waals surface area (Å²) in [7, 11) is 0. The SMILES string of the molecule is CCC(=O)Nn1cnc2c(=O)[nH]c(N)nc21. The van der Waals surface area contributed by atoms with E-state index in [9.17, 15) is 9.59 Å². The van der Waals surface area contributed by atoms with Gasteiger partial charge in [0.15, 0.2) is 11.2 Å². The second kappa shape index (κ2) is 3.65. The number of imidazole rings is 1. The molecule has 0 aliphatic carbocycles. The van der Waals surface area contributed by atoms with Gasteiger partial charge in [-0.25, -0.2) is 9.66 Å². The summed E-state index contributed by atoms with van der Waals surface area (Å²) in [5.41, 5.74) is 7.83. The van der Waals surface area contributed by atoms with Crippen molar-refractivity contribution in [1.29, 1.82) is 0 Å². The van der Waals surface area contributed by atoms with E-state index in [0.717, 1.165) is 0 Å². The molecule has 2 aromatic heterocycles. The topological polar surface area (TPSA) is 119 Å². The molecule has 2 rings (SSSR count). The third kappa shape index (κ3) is 1.60. The predicted octanol–water partition coefficient (Wildman–Crippen LogP) is -0.818. The number of carbonyl (C=O) groups excluding carboxylic acids is 1. The van der Waals surface area contributed by atoms with Crippen LogP contribution in [0.5, 0.6) is 0 Å². The highest BCUT2D eigenvalue weighted by Gasteiger charge is 2.10. The molecule has 0 radical (unpaired) electrons. The van der Waals surface area contributed by atoms with Crippen LogP contribution in [0.15, 0.2) is 11.1 Å². The smallest absolute Gasteiger partial charge is 0.280 e. The van der Waals surface area contributed by atoms with Gasteiger partial charge in [0.05, 0.1) is 0 Å². The van der Waals surface area contributed by atoms with E-state index in [1.807, 2.05) is 0 Å². The van der Waals surface area contributed by atoms with Crippen LogP contribution in [0.2, 0.25) is 0 Å². The number of nitrogen functional groups attached to an aromatic ring is 1. The molecule has 0 atom stereocenters. The van der Waals surface area contributed by atoms with Crippen molar-refractivity contribution in [2.45, 2.75) is 13.3 Å². The van der Waals surface area contributed by atoms with Gasteiger partial charge in [-0.3, -0.25) is 20.0 Å². The zero-order valence-electron chi connectivity index (χ0n) is 8.52. The molecule has 0 saturated carbocycles. The number of carbonyl (C=O) groups is 1. The molecule has 16 heavy (non-hydrogen) atoms. The number of amides is 1. The van der Waals surface area contributed by atoms with Crippen LogP contribution < -0.4 is 16.7 Å². The van der Waals surface area contributed by atoms with Gasteiger partial charge in [0.1, 0.15) is 6.33 Å². The van der Waals surface area contributed by atoms with Gasteiger partial charge in [0, 0.05) is 6.42 Å². The molecule has 8 nitrogen and oxygen atoms in total. The third-order valence-electron chi connectivity index (χ3n) is 1.99. The largest absolute Gasteiger partial charge is 0.369 e. The molecule has 0 unspecified atom stereocenters. The Morgan fingerprint density at radius 3 is 3.12 bits per heavy atom. The molecular weight excluding hydrogens is 212 g/mol. The second-order valence-electron chi connectivity index (χ2n) is 3.13. The minimum Gasteiger partial charge on any atom is -0.369 e. The lowest BCUT2D eigenvalue weighted by atomic mass is 10.5. The van der Waals surface area contributed by atoms with Crippen LogP contribution in [0.25, 0.3) is 11.2 Å². The molecule has 2 aromatic rings. The molecule has 84 valence electrons. The van der Waals surface area contributed by atoms with Crippen molar-refractivity contribution in [2.24, 2.45) is 0 Å². The fourth-order valence-corrected chi connectivity index (χ4v) is 1.22. The van der Waals surface area contributed by atoms with Crippen LogP contribution in [0, 0.1) is 0 Å². The first-order chi connectivity index (χ1) is 7.61. The average molecular weight is 222 g/mol. The second-order valence-corrected chi connectivity index (χ2v) is 3.13. The van der Waals surface area contributed by atoms with Gasteiger partial charge < -0.3 is 5.73 Å². The number of fused-ring (bicyclic) bond motifs is 1. The summed E-state index contributed by atoms with van der Waals surface area (Å²) in [6.07, 6.45) is 1.62. The predicted molar refractivity (Wildman–Crippen MR) is 57.2 cm³/mol. The van der Waals surface area contributed by atoms with Crippen molar-refractivity contribution >= 4 is 23.0 Å². The Bertz CT molecular complexity index is 598. The highest BCUT2D eigenvalue weighted by molar-refractivity contribution is 5.85. The molecule has 0 spiro atoms. The molecule has 8 heteroatoms. The van der Waals surface area contributed by atoms with Gasteiger partial charge in [-0.2, -0.15) is 4.98 Å². The van der Waals surface area contributed by atoms with Crippen molar-refractivity contribution < 1.29 is 4.79 Å². The Hall–Kier alpha value is -2.38. The lowest BCUT2D eigenvalue weighted by molar-refractivity contribution is -0.116. The first kappa shape index (κ1) is 10.1. The Morgan fingerprint density at radius 1 is 1.69 bits per heavy atom. The van der Waals surface area contributed by atoms with E-state index in [1.54, 1.807) is 6.92 Å². The highest BCUT2D eigenvalue weighted by Crippen LogP contribution is 2.04. The molecule has 1 amide bonds. The normalized spacial score (nSPS) is 10.6. The maximum atomic E-state index is 11.4. The molecule has 0 saturated heterocycles. The Balaban J connectivity index is 2.56. The first-order valence-electron chi connectivity index (χ1n) is 4.64. The lowest BCUT2D eigenvalue weighted by Gasteiger charge is -2.04. The summed E-state index contributed by atoms with van der Waals surface area (Å²) >= 11 is 0. The van der Waals surface area contributed by atoms with Crippen molar-refractivity contribution in [3.05, 3.63) is 16.7 Å². The fraction of sp³-hybridized carbons (Fsp3) is 0.250. The number of nitrogens with zero attached hydrogens (tertiary/aromatic N) is 3. The molecule has 4 N–H and O–H groups in total. The van der Waals surface area contributed by atoms with Gasteiger partial charge >= 0.3 is 0 Å². The Labute approximate surface area is 89.5 Å². The van der Waals surface area contributed by atoms with E-state index >= 15 is 0 Å². The molecule has 0 fully saturated rings. The average Bonchev–Trinajstić information content (AvgIpc) is 2.61. The first-order valence-corrected chi connectivity index (χ1v) is 4.64. The summed E-state index contributed by atoms with van der Waals surface area (Å²) < 4.78 is 1.27. The van der Waals surface area contributed by atoms with Crippen LogP contribution in [0.4, 0.5) is 5.95 Å². The summed E-state index contributed by atoms with van der Waals surface area (Å²) in [5.74, 6) is -0.232. The minimum absolute atomic E-state index is 0.0232. The molecule has 0 bridgehead atoms. The van der Waals surface area contributed by atoms with Gasteiger partial charge in [-0.05, 0) is 0 Å². The van der Waals surface area contributed by atoms with Crippen molar-refractivity contribution in [1.82, 2.24) is 19.6 Å². The van der Waals surface area contributed by atoms with Crippen LogP contribution >= 0.6 is 0 Å². The van der Waals surface area contributed by atoms with Crippen LogP contribution in [0.3, 0.4) is 0 Å². The van der Waals surface area contributed by atoms with Crippen LogP contribution in [0.1, 0.15) is 13.3 Å². The highest BCUT2D eigenvalue weighted by atomic mass is 16.2. The zero-order chi connectivity index (χ0) is 11.7. The van der Waals surface area contributed by atoms with E-state index in [0.29, 0.717) is 6.42 Å². The fourth-order valence-electron chi connectivity index (χ4n) is 1.22. The number of hydrogen-bond acceptors (Lipinski definition) is 5. The molecule has 0 aliphatic rings. The van der Waals surface area contributed by atoms with Gasteiger partial charge in [-0.1, -0.05) is 6.92 Å². The number of hydrogen-bond donors (Lipinski definition) is 3. The minimum atomic E-state index is -0.438. The van der Waals surface area contributed by atoms with Gasteiger partial charge in [0.2, 0.25) is 11.9 Å². The van der Waals surface area contributed by atoms with E-state index in [1.165, 1.54) is 11.0 Å². The van der Waals surface area contributed by atoms with E-state index in [2.05, 4.69) is 20.4 Å². The third-order valence-corrected chi connectivity index (χ3v) is 1.99. The van der Waals surface area contributed by atoms with Gasteiger partial charge in [-0.15, -0.1) is 0 Å². The molecule has 0 aliphatic heterocycles. The van der Waals surface area contributed by atoms with E-state index < -0.39 is 5.56 Å². The van der Waals surface area contributed by atoms with Crippen molar-refractivity contribution in [3.8, 4) is 0 Å². The number of aromatic amines is 1. The number of nitrogens with one attached hydrogen (secondary N) is 2. The zero-order valence-corrected chi connectivity index (χ0v) is 8.52. The maximum absolute atomic E-state index is 11.4. The summed E-state index contributed by atoms with van der Waals surface area (Å²) in [6, 6.07) is 0. The molecular formula is C8H10N6O2.